The van der Waals surface area contributed by atoms with Crippen LogP contribution in [0.3, 0.4) is 0 Å². The van der Waals surface area contributed by atoms with E-state index in [0.29, 0.717) is 31.3 Å². The van der Waals surface area contributed by atoms with Crippen LogP contribution in [0.25, 0.3) is 0 Å². The van der Waals surface area contributed by atoms with Crippen molar-refractivity contribution in [1.82, 2.24) is 0 Å². The maximum atomic E-state index is 13.4. The third-order valence-electron chi connectivity index (χ3n) is 20.9. The van der Waals surface area contributed by atoms with Crippen LogP contribution in [0.4, 0.5) is 0 Å². The molecule has 23 nitrogen and oxygen atoms in total. The molecule has 468 valence electrons. The van der Waals surface area contributed by atoms with Crippen molar-refractivity contribution in [2.24, 2.45) is 70.5 Å². The van der Waals surface area contributed by atoms with Gasteiger partial charge in [0.2, 0.25) is 30.4 Å². The zero-order valence-corrected chi connectivity index (χ0v) is 49.5. The molecule has 0 aromatic carbocycles. The highest BCUT2D eigenvalue weighted by atomic mass is 17.3. The van der Waals surface area contributed by atoms with Gasteiger partial charge in [-0.05, 0) is 114 Å². The van der Waals surface area contributed by atoms with Crippen molar-refractivity contribution < 1.29 is 111 Å². The van der Waals surface area contributed by atoms with Crippen molar-refractivity contribution >= 4 is 35.8 Å². The highest BCUT2D eigenvalue weighted by Gasteiger charge is 2.71. The first kappa shape index (κ1) is 62.4. The topological polar surface area (TPSA) is 281 Å². The van der Waals surface area contributed by atoms with Crippen LogP contribution in [0.2, 0.25) is 0 Å². The summed E-state index contributed by atoms with van der Waals surface area (Å²) in [6, 6.07) is 0. The minimum absolute atomic E-state index is 0.0824. The summed E-state index contributed by atoms with van der Waals surface area (Å²) < 4.78 is 65.3. The second kappa shape index (κ2) is 25.6. The van der Waals surface area contributed by atoms with E-state index in [2.05, 4.69) is 13.8 Å². The normalized spacial score (nSPS) is 42.0. The molecule has 3 aliphatic carbocycles. The van der Waals surface area contributed by atoms with Gasteiger partial charge in [-0.1, -0.05) is 47.0 Å². The van der Waals surface area contributed by atoms with Crippen molar-refractivity contribution in [3.05, 3.63) is 0 Å². The number of rotatable bonds is 21. The van der Waals surface area contributed by atoms with Gasteiger partial charge in [-0.15, -0.1) is 0 Å². The number of ether oxygens (including phenoxy) is 11. The van der Waals surface area contributed by atoms with Gasteiger partial charge in [-0.3, -0.25) is 28.8 Å². The molecule has 12 fully saturated rings. The first-order valence-electron chi connectivity index (χ1n) is 30.9. The summed E-state index contributed by atoms with van der Waals surface area (Å²) in [6.45, 7) is 11.4. The lowest BCUT2D eigenvalue weighted by atomic mass is 9.58. The molecule has 23 heteroatoms. The van der Waals surface area contributed by atoms with Crippen LogP contribution >= 0.6 is 0 Å². The second-order valence-corrected chi connectivity index (χ2v) is 26.6. The highest BCUT2D eigenvalue weighted by Crippen LogP contribution is 2.62. The SMILES string of the molecule is C[C@H]([C@@H]1CCCC2CC[C@H](C)OCC21)[C@@H](O)OC(=O)CCC(=O)OCC(CO)(COC(=O)CCC(=O)O[C@@H]1O[C@@H]2O[C@@]3(C)CC[C@H]4[C@H](C)CC[C@@H]([C@H]1C)[C@@]24OO3)COC(=O)CCC(=O)O[C@@H]1O[C@@H]2O[C@@]3(C)CC[C@H]4CCC[C@@H]([C@H]1C)[C@]42OO3. The summed E-state index contributed by atoms with van der Waals surface area (Å²) in [4.78, 5) is 104. The van der Waals surface area contributed by atoms with Gasteiger partial charge in [0, 0.05) is 42.4 Å². The average Bonchev–Trinajstić information content (AvgIpc) is 2.21. The number of hydrogen-bond acceptors (Lipinski definition) is 23. The van der Waals surface area contributed by atoms with Gasteiger partial charge in [0.05, 0.1) is 63.3 Å². The van der Waals surface area contributed by atoms with Crippen LogP contribution in [0.1, 0.15) is 177 Å². The summed E-state index contributed by atoms with van der Waals surface area (Å²) in [6.07, 6.45) is 4.74. The lowest BCUT2D eigenvalue weighted by Crippen LogP contribution is -2.70. The molecule has 12 aliphatic rings. The third kappa shape index (κ3) is 13.0. The lowest BCUT2D eigenvalue weighted by Gasteiger charge is -2.59. The summed E-state index contributed by atoms with van der Waals surface area (Å²) in [5.74, 6) is -6.82. The van der Waals surface area contributed by atoms with E-state index in [9.17, 15) is 39.0 Å². The lowest BCUT2D eigenvalue weighted by molar-refractivity contribution is -0.576. The highest BCUT2D eigenvalue weighted by molar-refractivity contribution is 5.79. The number of carbonyl (C=O) groups excluding carboxylic acids is 6. The Morgan fingerprint density at radius 3 is 1.71 bits per heavy atom. The van der Waals surface area contributed by atoms with E-state index < -0.39 is 160 Å². The minimum atomic E-state index is -1.75. The van der Waals surface area contributed by atoms with Gasteiger partial charge in [0.1, 0.15) is 19.8 Å². The molecular weight excluding hydrogens is 1090 g/mol. The fourth-order valence-corrected chi connectivity index (χ4v) is 15.8. The number of esters is 6. The molecule has 22 atom stereocenters. The van der Waals surface area contributed by atoms with Gasteiger partial charge in [-0.2, -0.15) is 0 Å². The smallest absolute Gasteiger partial charge is 0.308 e. The minimum Gasteiger partial charge on any atom is -0.465 e. The van der Waals surface area contributed by atoms with Crippen LogP contribution in [0.5, 0.6) is 0 Å². The van der Waals surface area contributed by atoms with E-state index in [-0.39, 0.29) is 59.4 Å². The molecule has 12 rings (SSSR count). The summed E-state index contributed by atoms with van der Waals surface area (Å²) >= 11 is 0. The van der Waals surface area contributed by atoms with Gasteiger partial charge in [-0.25, -0.2) is 19.6 Å². The molecule has 9 aliphatic heterocycles. The van der Waals surface area contributed by atoms with Crippen LogP contribution < -0.4 is 0 Å². The molecule has 3 unspecified atom stereocenters. The molecule has 0 aromatic rings. The van der Waals surface area contributed by atoms with Gasteiger partial charge < -0.3 is 62.3 Å². The Labute approximate surface area is 485 Å². The Hall–Kier alpha value is -3.62. The maximum absolute atomic E-state index is 13.4. The molecular formula is C60H90O23. The van der Waals surface area contributed by atoms with Crippen molar-refractivity contribution in [2.45, 2.75) is 237 Å². The van der Waals surface area contributed by atoms with E-state index in [1.165, 1.54) is 0 Å². The number of aliphatic hydroxyl groups is 2. The molecule has 4 bridgehead atoms. The van der Waals surface area contributed by atoms with E-state index in [4.69, 9.17) is 71.7 Å². The van der Waals surface area contributed by atoms with Crippen LogP contribution in [0.15, 0.2) is 0 Å². The maximum Gasteiger partial charge on any atom is 0.308 e. The summed E-state index contributed by atoms with van der Waals surface area (Å²) in [5, 5.41) is 22.0. The Bertz CT molecular complexity index is 2340. The largest absolute Gasteiger partial charge is 0.465 e. The van der Waals surface area contributed by atoms with Gasteiger partial charge >= 0.3 is 35.8 Å². The standard InChI is InChI=1S/C60H90O23/c1-33-14-17-44-37(5)53(77-55-60(44)42(33)25-27-57(7,79-55)81-83-60)75-50(67)23-20-47(64)72-32-58(29-61,30-70-45(62)18-21-48(65)73-51(68)35(3)40-12-8-10-38-16-15-34(2)69-28-41(38)40)31-71-46(63)19-22-49(66)74-52-36(4)43-13-9-11-39-24-26-56(6)78-54(76-52)59(39,43)82-80-56/h33-44,51-55,61,68H,8-32H2,1-7H3/t33-,34+,35-,36-,37-,38?,39-,40+,41?,42+,43+,44+,51+,52-,53-,54-,55-,56-,57-,58?,59-,60-/m1/s1. The molecule has 0 radical (unpaired) electrons. The van der Waals surface area contributed by atoms with E-state index in [0.717, 1.165) is 77.0 Å². The third-order valence-corrected chi connectivity index (χ3v) is 20.9. The number of aliphatic hydroxyl groups excluding tert-OH is 2. The zero-order valence-electron chi connectivity index (χ0n) is 49.5. The monoisotopic (exact) mass is 1180 g/mol. The molecule has 0 aromatic heterocycles. The van der Waals surface area contributed by atoms with E-state index >= 15 is 0 Å². The average molecular weight is 1180 g/mol. The first-order chi connectivity index (χ1) is 39.6. The Morgan fingerprint density at radius 2 is 1.11 bits per heavy atom. The van der Waals surface area contributed by atoms with Crippen LogP contribution in [0, 0.1) is 70.5 Å². The molecule has 2 N–H and O–H groups in total. The summed E-state index contributed by atoms with van der Waals surface area (Å²) in [5.41, 5.74) is -3.46. The quantitative estimate of drug-likeness (QED) is 0.0510. The van der Waals surface area contributed by atoms with Crippen molar-refractivity contribution in [3.63, 3.8) is 0 Å². The van der Waals surface area contributed by atoms with Gasteiger partial charge in [0.25, 0.3) is 0 Å². The van der Waals surface area contributed by atoms with Crippen LogP contribution in [-0.4, -0.2) is 139 Å². The predicted molar refractivity (Wildman–Crippen MR) is 282 cm³/mol. The van der Waals surface area contributed by atoms with Gasteiger partial charge in [0.15, 0.2) is 23.8 Å². The number of carbonyl (C=O) groups is 6. The second-order valence-electron chi connectivity index (χ2n) is 26.6. The Kier molecular flexibility index (Phi) is 19.3. The molecule has 9 heterocycles. The molecule has 3 saturated carbocycles. The molecule has 9 saturated heterocycles. The number of hydrogen-bond donors (Lipinski definition) is 2. The summed E-state index contributed by atoms with van der Waals surface area (Å²) in [7, 11) is 0. The van der Waals surface area contributed by atoms with Crippen molar-refractivity contribution in [1.29, 1.82) is 0 Å². The van der Waals surface area contributed by atoms with Crippen molar-refractivity contribution in [3.8, 4) is 0 Å². The molecule has 0 amide bonds. The molecule has 83 heavy (non-hydrogen) atoms. The van der Waals surface area contributed by atoms with E-state index in [1.807, 2.05) is 20.8 Å². The van der Waals surface area contributed by atoms with Crippen LogP contribution in [-0.2, 0) is 100 Å². The predicted octanol–water partition coefficient (Wildman–Crippen LogP) is 6.92. The zero-order chi connectivity index (χ0) is 59.1. The first-order valence-corrected chi connectivity index (χ1v) is 30.9. The van der Waals surface area contributed by atoms with Crippen molar-refractivity contribution in [2.75, 3.05) is 33.0 Å². The fraction of sp³-hybridized carbons (Fsp3) is 0.900. The fourth-order valence-electron chi connectivity index (χ4n) is 15.8. The number of fused-ring (bicyclic) bond motifs is 5. The van der Waals surface area contributed by atoms with E-state index in [1.54, 1.807) is 13.8 Å². The Balaban J connectivity index is 0.723. The Morgan fingerprint density at radius 1 is 0.578 bits per heavy atom. The molecule has 2 spiro atoms.